The lowest BCUT2D eigenvalue weighted by Gasteiger charge is -2.24. The SMILES string of the molecule is O=C(Nc1ccncc1NC(=S)NC1CCCCC1)c1ccccc1. The van der Waals surface area contributed by atoms with E-state index in [1.54, 1.807) is 30.6 Å². The van der Waals surface area contributed by atoms with Gasteiger partial charge in [-0.2, -0.15) is 0 Å². The number of nitrogens with one attached hydrogen (secondary N) is 3. The highest BCUT2D eigenvalue weighted by Crippen LogP contribution is 2.21. The molecule has 1 fully saturated rings. The first kappa shape index (κ1) is 17.4. The summed E-state index contributed by atoms with van der Waals surface area (Å²) in [4.78, 5) is 16.5. The van der Waals surface area contributed by atoms with E-state index in [4.69, 9.17) is 12.2 Å². The van der Waals surface area contributed by atoms with Gasteiger partial charge in [0.1, 0.15) is 0 Å². The van der Waals surface area contributed by atoms with Gasteiger partial charge in [-0.25, -0.2) is 0 Å². The molecule has 0 radical (unpaired) electrons. The number of amides is 1. The van der Waals surface area contributed by atoms with Gasteiger partial charge in [-0.1, -0.05) is 37.5 Å². The van der Waals surface area contributed by atoms with Crippen molar-refractivity contribution in [3.05, 3.63) is 54.4 Å². The minimum absolute atomic E-state index is 0.166. The molecule has 1 aromatic heterocycles. The van der Waals surface area contributed by atoms with Crippen molar-refractivity contribution in [1.82, 2.24) is 10.3 Å². The van der Waals surface area contributed by atoms with Crippen molar-refractivity contribution >= 4 is 34.6 Å². The molecule has 0 atom stereocenters. The van der Waals surface area contributed by atoms with Crippen molar-refractivity contribution in [1.29, 1.82) is 0 Å². The first-order valence-corrected chi connectivity index (χ1v) is 9.01. The monoisotopic (exact) mass is 354 g/mol. The van der Waals surface area contributed by atoms with Crippen LogP contribution in [-0.2, 0) is 0 Å². The molecule has 0 aliphatic heterocycles. The third kappa shape index (κ3) is 5.00. The number of nitrogens with zero attached hydrogens (tertiary/aromatic N) is 1. The quantitative estimate of drug-likeness (QED) is 0.726. The van der Waals surface area contributed by atoms with E-state index in [9.17, 15) is 4.79 Å². The Bertz CT molecular complexity index is 729. The predicted octanol–water partition coefficient (Wildman–Crippen LogP) is 3.95. The number of hydrogen-bond donors (Lipinski definition) is 3. The van der Waals surface area contributed by atoms with E-state index in [1.807, 2.05) is 18.2 Å². The summed E-state index contributed by atoms with van der Waals surface area (Å²) < 4.78 is 0. The van der Waals surface area contributed by atoms with E-state index in [-0.39, 0.29) is 5.91 Å². The maximum Gasteiger partial charge on any atom is 0.255 e. The Morgan fingerprint density at radius 1 is 1.00 bits per heavy atom. The Morgan fingerprint density at radius 3 is 2.52 bits per heavy atom. The van der Waals surface area contributed by atoms with Crippen molar-refractivity contribution in [2.45, 2.75) is 38.1 Å². The standard InChI is InChI=1S/C19H22N4OS/c24-18(14-7-3-1-4-8-14)22-16-11-12-20-13-17(16)23-19(25)21-15-9-5-2-6-10-15/h1,3-4,7-8,11-13,15H,2,5-6,9-10H2,(H,20,22,24)(H2,21,23,25). The Labute approximate surface area is 153 Å². The van der Waals surface area contributed by atoms with Crippen LogP contribution in [0.2, 0.25) is 0 Å². The molecule has 1 heterocycles. The fourth-order valence-corrected chi connectivity index (χ4v) is 3.25. The second-order valence-corrected chi connectivity index (χ2v) is 6.58. The van der Waals surface area contributed by atoms with Crippen LogP contribution in [0.5, 0.6) is 0 Å². The molecule has 0 unspecified atom stereocenters. The van der Waals surface area contributed by atoms with Crippen molar-refractivity contribution in [3.63, 3.8) is 0 Å². The fraction of sp³-hybridized carbons (Fsp3) is 0.316. The average Bonchev–Trinajstić information content (AvgIpc) is 2.65. The number of carbonyl (C=O) groups is 1. The van der Waals surface area contributed by atoms with Crippen molar-refractivity contribution in [2.75, 3.05) is 10.6 Å². The number of pyridine rings is 1. The second kappa shape index (κ2) is 8.58. The molecule has 6 heteroatoms. The molecule has 25 heavy (non-hydrogen) atoms. The summed E-state index contributed by atoms with van der Waals surface area (Å²) >= 11 is 5.42. The van der Waals surface area contributed by atoms with E-state index in [2.05, 4.69) is 20.9 Å². The van der Waals surface area contributed by atoms with Crippen molar-refractivity contribution in [2.24, 2.45) is 0 Å². The van der Waals surface area contributed by atoms with Crippen LogP contribution in [0.1, 0.15) is 42.5 Å². The smallest absolute Gasteiger partial charge is 0.255 e. The Hall–Kier alpha value is -2.47. The summed E-state index contributed by atoms with van der Waals surface area (Å²) in [5.74, 6) is -0.166. The maximum absolute atomic E-state index is 12.4. The molecule has 1 amide bonds. The Balaban J connectivity index is 1.64. The van der Waals surface area contributed by atoms with Crippen LogP contribution in [0.15, 0.2) is 48.8 Å². The van der Waals surface area contributed by atoms with Gasteiger partial charge in [-0.15, -0.1) is 0 Å². The lowest BCUT2D eigenvalue weighted by atomic mass is 9.96. The lowest BCUT2D eigenvalue weighted by Crippen LogP contribution is -2.39. The van der Waals surface area contributed by atoms with E-state index in [1.165, 1.54) is 19.3 Å². The zero-order valence-corrected chi connectivity index (χ0v) is 14.8. The number of hydrogen-bond acceptors (Lipinski definition) is 3. The highest BCUT2D eigenvalue weighted by Gasteiger charge is 2.15. The van der Waals surface area contributed by atoms with Crippen LogP contribution in [0.4, 0.5) is 11.4 Å². The van der Waals surface area contributed by atoms with Gasteiger partial charge in [-0.3, -0.25) is 9.78 Å². The molecule has 0 bridgehead atoms. The highest BCUT2D eigenvalue weighted by atomic mass is 32.1. The molecule has 1 aromatic carbocycles. The third-order valence-corrected chi connectivity index (χ3v) is 4.51. The van der Waals surface area contributed by atoms with Crippen molar-refractivity contribution < 1.29 is 4.79 Å². The molecule has 5 nitrogen and oxygen atoms in total. The normalized spacial score (nSPS) is 14.6. The number of thiocarbonyl (C=S) groups is 1. The molecule has 0 spiro atoms. The Kier molecular flexibility index (Phi) is 5.95. The van der Waals surface area contributed by atoms with E-state index in [0.717, 1.165) is 12.8 Å². The number of aromatic nitrogens is 1. The van der Waals surface area contributed by atoms with Gasteiger partial charge in [0.15, 0.2) is 5.11 Å². The number of anilines is 2. The van der Waals surface area contributed by atoms with E-state index >= 15 is 0 Å². The van der Waals surface area contributed by atoms with Gasteiger partial charge in [-0.05, 0) is 43.3 Å². The minimum atomic E-state index is -0.166. The zero-order chi connectivity index (χ0) is 17.5. The molecular formula is C19H22N4OS. The van der Waals surface area contributed by atoms with Crippen LogP contribution >= 0.6 is 12.2 Å². The third-order valence-electron chi connectivity index (χ3n) is 4.29. The van der Waals surface area contributed by atoms with Gasteiger partial charge in [0.05, 0.1) is 17.6 Å². The summed E-state index contributed by atoms with van der Waals surface area (Å²) in [6.07, 6.45) is 9.38. The van der Waals surface area contributed by atoms with Gasteiger partial charge >= 0.3 is 0 Å². The summed E-state index contributed by atoms with van der Waals surface area (Å²) in [6.45, 7) is 0. The number of carbonyl (C=O) groups excluding carboxylic acids is 1. The van der Waals surface area contributed by atoms with Gasteiger partial charge in [0.2, 0.25) is 0 Å². The number of rotatable bonds is 4. The molecule has 3 rings (SSSR count). The van der Waals surface area contributed by atoms with Crippen LogP contribution < -0.4 is 16.0 Å². The topological polar surface area (TPSA) is 66.0 Å². The first-order chi connectivity index (χ1) is 12.2. The van der Waals surface area contributed by atoms with Crippen LogP contribution in [0.25, 0.3) is 0 Å². The summed E-state index contributed by atoms with van der Waals surface area (Å²) in [5, 5.41) is 9.99. The molecule has 3 N–H and O–H groups in total. The van der Waals surface area contributed by atoms with E-state index < -0.39 is 0 Å². The minimum Gasteiger partial charge on any atom is -0.360 e. The van der Waals surface area contributed by atoms with Crippen LogP contribution in [-0.4, -0.2) is 22.0 Å². The van der Waals surface area contributed by atoms with Gasteiger partial charge in [0.25, 0.3) is 5.91 Å². The molecular weight excluding hydrogens is 332 g/mol. The largest absolute Gasteiger partial charge is 0.360 e. The molecule has 130 valence electrons. The molecule has 1 aliphatic carbocycles. The van der Waals surface area contributed by atoms with Crippen LogP contribution in [0, 0.1) is 0 Å². The summed E-state index contributed by atoms with van der Waals surface area (Å²) in [7, 11) is 0. The second-order valence-electron chi connectivity index (χ2n) is 6.17. The predicted molar refractivity (Wildman–Crippen MR) is 105 cm³/mol. The van der Waals surface area contributed by atoms with Crippen molar-refractivity contribution in [3.8, 4) is 0 Å². The average molecular weight is 354 g/mol. The Morgan fingerprint density at radius 2 is 1.76 bits per heavy atom. The summed E-state index contributed by atoms with van der Waals surface area (Å²) in [6, 6.07) is 11.3. The molecule has 1 aliphatic rings. The lowest BCUT2D eigenvalue weighted by molar-refractivity contribution is 0.102. The van der Waals surface area contributed by atoms with Gasteiger partial charge in [0, 0.05) is 17.8 Å². The number of benzene rings is 1. The first-order valence-electron chi connectivity index (χ1n) is 8.60. The summed E-state index contributed by atoms with van der Waals surface area (Å²) in [5.41, 5.74) is 1.94. The zero-order valence-electron chi connectivity index (χ0n) is 14.0. The van der Waals surface area contributed by atoms with E-state index in [0.29, 0.717) is 28.1 Å². The van der Waals surface area contributed by atoms with Gasteiger partial charge < -0.3 is 16.0 Å². The fourth-order valence-electron chi connectivity index (χ4n) is 2.98. The highest BCUT2D eigenvalue weighted by molar-refractivity contribution is 7.80. The molecule has 2 aromatic rings. The molecule has 1 saturated carbocycles. The van der Waals surface area contributed by atoms with Crippen LogP contribution in [0.3, 0.4) is 0 Å². The molecule has 0 saturated heterocycles. The maximum atomic E-state index is 12.4.